The molecule has 1 heterocycles. The Morgan fingerprint density at radius 3 is 2.57 bits per heavy atom. The molecule has 0 bridgehead atoms. The smallest absolute Gasteiger partial charge is 0.304 e. The maximum absolute atomic E-state index is 13.2. The molecule has 1 aliphatic heterocycles. The summed E-state index contributed by atoms with van der Waals surface area (Å²) in [7, 11) is 0. The SMILES string of the molecule is CSCCCN1CCCC=CCCCC(CC(=O)O)C(=O)NC(C(C)C)C1=O. The second kappa shape index (κ2) is 13.6. The van der Waals surface area contributed by atoms with E-state index in [2.05, 4.69) is 23.7 Å². The number of carbonyl (C=O) groups excluding carboxylic acids is 2. The van der Waals surface area contributed by atoms with E-state index in [0.717, 1.165) is 37.9 Å². The van der Waals surface area contributed by atoms with Gasteiger partial charge in [-0.3, -0.25) is 14.4 Å². The molecule has 2 atom stereocenters. The summed E-state index contributed by atoms with van der Waals surface area (Å²) in [5, 5.41) is 12.1. The van der Waals surface area contributed by atoms with Crippen LogP contribution in [0.3, 0.4) is 0 Å². The Labute approximate surface area is 173 Å². The number of carboxylic acids is 1. The molecular weight excluding hydrogens is 376 g/mol. The van der Waals surface area contributed by atoms with Crippen molar-refractivity contribution in [2.24, 2.45) is 11.8 Å². The molecule has 1 aliphatic rings. The van der Waals surface area contributed by atoms with Crippen molar-refractivity contribution in [2.45, 2.75) is 64.8 Å². The van der Waals surface area contributed by atoms with E-state index >= 15 is 0 Å². The maximum atomic E-state index is 13.2. The standard InChI is InChI=1S/C21H36N2O4S/c1-16(2)19-21(27)23(13-10-14-28-3)12-9-7-5-4-6-8-11-17(15-18(24)25)20(26)22-19/h4-5,16-17,19H,6-15H2,1-3H3,(H,22,26)(H,24,25). The molecule has 160 valence electrons. The van der Waals surface area contributed by atoms with E-state index in [1.54, 1.807) is 11.8 Å². The fourth-order valence-electron chi connectivity index (χ4n) is 3.37. The minimum Gasteiger partial charge on any atom is -0.481 e. The first kappa shape index (κ1) is 24.5. The summed E-state index contributed by atoms with van der Waals surface area (Å²) in [6.07, 6.45) is 10.9. The van der Waals surface area contributed by atoms with Gasteiger partial charge in [-0.25, -0.2) is 0 Å². The first-order valence-corrected chi connectivity index (χ1v) is 11.7. The Morgan fingerprint density at radius 2 is 1.96 bits per heavy atom. The molecule has 2 N–H and O–H groups in total. The van der Waals surface area contributed by atoms with Gasteiger partial charge in [0.2, 0.25) is 11.8 Å². The van der Waals surface area contributed by atoms with Gasteiger partial charge in [0.05, 0.1) is 6.42 Å². The van der Waals surface area contributed by atoms with Crippen LogP contribution in [0.5, 0.6) is 0 Å². The van der Waals surface area contributed by atoms with Gasteiger partial charge in [-0.1, -0.05) is 26.0 Å². The van der Waals surface area contributed by atoms with Crippen LogP contribution in [0.25, 0.3) is 0 Å². The molecule has 2 amide bonds. The van der Waals surface area contributed by atoms with Crippen molar-refractivity contribution in [1.82, 2.24) is 10.2 Å². The lowest BCUT2D eigenvalue weighted by Crippen LogP contribution is -2.53. The van der Waals surface area contributed by atoms with Crippen LogP contribution >= 0.6 is 11.8 Å². The molecule has 0 aromatic carbocycles. The number of thioether (sulfide) groups is 1. The van der Waals surface area contributed by atoms with Gasteiger partial charge in [0, 0.05) is 19.0 Å². The normalized spacial score (nSPS) is 22.8. The molecule has 6 nitrogen and oxygen atoms in total. The Bertz CT molecular complexity index is 536. The van der Waals surface area contributed by atoms with Gasteiger partial charge >= 0.3 is 5.97 Å². The fraction of sp³-hybridized carbons (Fsp3) is 0.762. The van der Waals surface area contributed by atoms with Crippen molar-refractivity contribution in [3.63, 3.8) is 0 Å². The molecule has 0 spiro atoms. The van der Waals surface area contributed by atoms with Crippen LogP contribution in [-0.2, 0) is 14.4 Å². The van der Waals surface area contributed by atoms with Gasteiger partial charge in [-0.05, 0) is 56.5 Å². The molecule has 0 aromatic heterocycles. The Hall–Kier alpha value is -1.50. The summed E-state index contributed by atoms with van der Waals surface area (Å²) >= 11 is 1.76. The number of rotatable bonds is 7. The number of amides is 2. The lowest BCUT2D eigenvalue weighted by Gasteiger charge is -2.31. The van der Waals surface area contributed by atoms with Crippen molar-refractivity contribution in [3.8, 4) is 0 Å². The summed E-state index contributed by atoms with van der Waals surface area (Å²) in [4.78, 5) is 39.0. The van der Waals surface area contributed by atoms with Crippen molar-refractivity contribution < 1.29 is 19.5 Å². The third kappa shape index (κ3) is 9.13. The van der Waals surface area contributed by atoms with E-state index < -0.39 is 17.9 Å². The van der Waals surface area contributed by atoms with Crippen LogP contribution in [0.2, 0.25) is 0 Å². The molecule has 0 radical (unpaired) electrons. The van der Waals surface area contributed by atoms with Gasteiger partial charge in [0.25, 0.3) is 0 Å². The molecule has 7 heteroatoms. The topological polar surface area (TPSA) is 86.7 Å². The Balaban J connectivity index is 3.01. The maximum Gasteiger partial charge on any atom is 0.304 e. The number of carboxylic acid groups (broad SMARTS) is 1. The Morgan fingerprint density at radius 1 is 1.29 bits per heavy atom. The van der Waals surface area contributed by atoms with E-state index in [1.807, 2.05) is 18.7 Å². The summed E-state index contributed by atoms with van der Waals surface area (Å²) < 4.78 is 0. The van der Waals surface area contributed by atoms with E-state index in [9.17, 15) is 19.5 Å². The molecule has 0 saturated heterocycles. The highest BCUT2D eigenvalue weighted by Crippen LogP contribution is 2.17. The highest BCUT2D eigenvalue weighted by atomic mass is 32.2. The zero-order chi connectivity index (χ0) is 20.9. The highest BCUT2D eigenvalue weighted by Gasteiger charge is 2.31. The zero-order valence-electron chi connectivity index (χ0n) is 17.5. The van der Waals surface area contributed by atoms with Crippen molar-refractivity contribution in [1.29, 1.82) is 0 Å². The number of aliphatic carboxylic acids is 1. The third-order valence-electron chi connectivity index (χ3n) is 5.00. The second-order valence-corrected chi connectivity index (χ2v) is 8.73. The molecular formula is C21H36N2O4S. The number of nitrogens with zero attached hydrogens (tertiary/aromatic N) is 1. The number of nitrogens with one attached hydrogen (secondary N) is 1. The summed E-state index contributed by atoms with van der Waals surface area (Å²) in [5.74, 6) is -1.03. The molecule has 0 aliphatic carbocycles. The van der Waals surface area contributed by atoms with Crippen molar-refractivity contribution in [3.05, 3.63) is 12.2 Å². The Kier molecular flexibility index (Phi) is 12.0. The number of carbonyl (C=O) groups is 3. The molecule has 2 unspecified atom stereocenters. The average molecular weight is 413 g/mol. The highest BCUT2D eigenvalue weighted by molar-refractivity contribution is 7.98. The lowest BCUT2D eigenvalue weighted by molar-refractivity contribution is -0.142. The monoisotopic (exact) mass is 412 g/mol. The predicted molar refractivity (Wildman–Crippen MR) is 114 cm³/mol. The van der Waals surface area contributed by atoms with E-state index in [-0.39, 0.29) is 24.2 Å². The lowest BCUT2D eigenvalue weighted by atomic mass is 9.95. The average Bonchev–Trinajstić information content (AvgIpc) is 2.63. The summed E-state index contributed by atoms with van der Waals surface area (Å²) in [6.45, 7) is 5.19. The summed E-state index contributed by atoms with van der Waals surface area (Å²) in [6, 6.07) is -0.614. The van der Waals surface area contributed by atoms with E-state index in [0.29, 0.717) is 19.5 Å². The molecule has 0 aromatic rings. The van der Waals surface area contributed by atoms with Crippen molar-refractivity contribution in [2.75, 3.05) is 25.1 Å². The molecule has 28 heavy (non-hydrogen) atoms. The quantitative estimate of drug-likeness (QED) is 0.495. The van der Waals surface area contributed by atoms with Gasteiger partial charge in [-0.2, -0.15) is 11.8 Å². The number of hydrogen-bond donors (Lipinski definition) is 2. The van der Waals surface area contributed by atoms with Gasteiger partial charge in [-0.15, -0.1) is 0 Å². The van der Waals surface area contributed by atoms with Gasteiger partial charge in [0.1, 0.15) is 6.04 Å². The van der Waals surface area contributed by atoms with Crippen LogP contribution in [0.1, 0.15) is 58.8 Å². The van der Waals surface area contributed by atoms with Crippen LogP contribution in [0.4, 0.5) is 0 Å². The number of hydrogen-bond acceptors (Lipinski definition) is 4. The van der Waals surface area contributed by atoms with Gasteiger partial charge in [0.15, 0.2) is 0 Å². The van der Waals surface area contributed by atoms with Crippen LogP contribution in [0.15, 0.2) is 12.2 Å². The third-order valence-corrected chi connectivity index (χ3v) is 5.70. The first-order chi connectivity index (χ1) is 13.4. The minimum absolute atomic E-state index is 0.0560. The van der Waals surface area contributed by atoms with Crippen LogP contribution in [0, 0.1) is 11.8 Å². The van der Waals surface area contributed by atoms with E-state index in [4.69, 9.17) is 0 Å². The predicted octanol–water partition coefficient (Wildman–Crippen LogP) is 3.32. The van der Waals surface area contributed by atoms with Crippen LogP contribution < -0.4 is 5.32 Å². The number of allylic oxidation sites excluding steroid dienone is 2. The van der Waals surface area contributed by atoms with Gasteiger partial charge < -0.3 is 15.3 Å². The van der Waals surface area contributed by atoms with Crippen LogP contribution in [-0.4, -0.2) is 58.9 Å². The first-order valence-electron chi connectivity index (χ1n) is 10.3. The fourth-order valence-corrected chi connectivity index (χ4v) is 3.79. The minimum atomic E-state index is -0.983. The zero-order valence-corrected chi connectivity index (χ0v) is 18.3. The van der Waals surface area contributed by atoms with Crippen molar-refractivity contribution >= 4 is 29.5 Å². The largest absolute Gasteiger partial charge is 0.481 e. The van der Waals surface area contributed by atoms with E-state index in [1.165, 1.54) is 0 Å². The molecule has 0 fully saturated rings. The molecule has 0 saturated carbocycles. The summed E-state index contributed by atoms with van der Waals surface area (Å²) in [5.41, 5.74) is 0. The molecule has 1 rings (SSSR count). The second-order valence-electron chi connectivity index (χ2n) is 7.74.